The van der Waals surface area contributed by atoms with Gasteiger partial charge < -0.3 is 9.80 Å². The van der Waals surface area contributed by atoms with Crippen LogP contribution in [-0.4, -0.2) is 47.6 Å². The number of fused-ring (bicyclic) bond motifs is 1. The number of benzene rings is 1. The molecule has 1 aliphatic carbocycles. The summed E-state index contributed by atoms with van der Waals surface area (Å²) in [5, 5.41) is 4.09. The maximum absolute atomic E-state index is 13.1. The lowest BCUT2D eigenvalue weighted by Crippen LogP contribution is -2.50. The highest BCUT2D eigenvalue weighted by molar-refractivity contribution is 6.54. The molecule has 6 heteroatoms. The number of nitrogens with zero attached hydrogens (tertiary/aromatic N) is 3. The molecule has 1 saturated carbocycles. The smallest absolute Gasteiger partial charge is 0.279 e. The fourth-order valence-electron chi connectivity index (χ4n) is 4.78. The summed E-state index contributed by atoms with van der Waals surface area (Å²) in [5.41, 5.74) is 4.50. The van der Waals surface area contributed by atoms with Crippen molar-refractivity contribution in [1.82, 2.24) is 10.3 Å². The third-order valence-electron chi connectivity index (χ3n) is 6.12. The highest BCUT2D eigenvalue weighted by Crippen LogP contribution is 2.34. The van der Waals surface area contributed by atoms with Crippen LogP contribution < -0.4 is 10.3 Å². The number of nitrogens with one attached hydrogen (secondary N) is 1. The Morgan fingerprint density at radius 2 is 1.74 bits per heavy atom. The van der Waals surface area contributed by atoms with Gasteiger partial charge in [-0.2, -0.15) is 5.10 Å². The van der Waals surface area contributed by atoms with Gasteiger partial charge >= 0.3 is 0 Å². The van der Waals surface area contributed by atoms with Crippen LogP contribution in [0, 0.1) is 0 Å². The molecule has 2 heterocycles. The van der Waals surface area contributed by atoms with Crippen LogP contribution in [0.25, 0.3) is 0 Å². The molecule has 27 heavy (non-hydrogen) atoms. The lowest BCUT2D eigenvalue weighted by Gasteiger charge is -2.41. The van der Waals surface area contributed by atoms with Crippen LogP contribution in [0.1, 0.15) is 57.4 Å². The molecule has 2 aliphatic heterocycles. The molecule has 6 nitrogen and oxygen atoms in total. The van der Waals surface area contributed by atoms with E-state index in [-0.39, 0.29) is 17.9 Å². The van der Waals surface area contributed by atoms with Crippen molar-refractivity contribution < 1.29 is 9.59 Å². The maximum atomic E-state index is 13.1. The van der Waals surface area contributed by atoms with E-state index < -0.39 is 0 Å². The van der Waals surface area contributed by atoms with Crippen LogP contribution in [0.2, 0.25) is 0 Å². The fraction of sp³-hybridized carbons (Fsp3) is 0.571. The van der Waals surface area contributed by atoms with Crippen LogP contribution in [-0.2, 0) is 9.59 Å². The number of anilines is 1. The van der Waals surface area contributed by atoms with E-state index in [1.165, 1.54) is 39.0 Å². The number of likely N-dealkylation sites (tertiary alicyclic amines) is 1. The highest BCUT2D eigenvalue weighted by Gasteiger charge is 2.40. The van der Waals surface area contributed by atoms with E-state index >= 15 is 0 Å². The summed E-state index contributed by atoms with van der Waals surface area (Å²) in [6, 6.07) is 8.69. The van der Waals surface area contributed by atoms with Crippen molar-refractivity contribution in [1.29, 1.82) is 0 Å². The maximum Gasteiger partial charge on any atom is 0.279 e. The van der Waals surface area contributed by atoms with Crippen LogP contribution in [0.4, 0.5) is 5.69 Å². The number of hydrogen-bond donors (Lipinski definition) is 1. The molecule has 3 aliphatic rings. The van der Waals surface area contributed by atoms with Gasteiger partial charge in [-0.15, -0.1) is 0 Å². The summed E-state index contributed by atoms with van der Waals surface area (Å²) in [5.74, 6) is -0.368. The van der Waals surface area contributed by atoms with Crippen LogP contribution >= 0.6 is 0 Å². The van der Waals surface area contributed by atoms with Gasteiger partial charge in [0, 0.05) is 37.7 Å². The molecule has 1 aromatic carbocycles. The summed E-state index contributed by atoms with van der Waals surface area (Å²) in [4.78, 5) is 28.9. The van der Waals surface area contributed by atoms with Gasteiger partial charge in [-0.3, -0.25) is 9.59 Å². The Kier molecular flexibility index (Phi) is 5.25. The minimum absolute atomic E-state index is 0.0962. The van der Waals surface area contributed by atoms with E-state index in [2.05, 4.69) is 15.4 Å². The Balaban J connectivity index is 1.50. The molecule has 2 amide bonds. The monoisotopic (exact) mass is 368 g/mol. The number of piperidine rings is 1. The van der Waals surface area contributed by atoms with Crippen molar-refractivity contribution in [2.45, 2.75) is 64.0 Å². The zero-order valence-corrected chi connectivity index (χ0v) is 16.0. The molecule has 0 radical (unpaired) electrons. The zero-order chi connectivity index (χ0) is 18.8. The molecular weight excluding hydrogens is 340 g/mol. The van der Waals surface area contributed by atoms with E-state index in [9.17, 15) is 9.59 Å². The Labute approximate surface area is 160 Å². The Morgan fingerprint density at radius 1 is 1.04 bits per heavy atom. The number of amides is 2. The quantitative estimate of drug-likeness (QED) is 0.834. The lowest BCUT2D eigenvalue weighted by atomic mass is 9.92. The van der Waals surface area contributed by atoms with E-state index in [1.807, 2.05) is 29.2 Å². The molecule has 0 bridgehead atoms. The topological polar surface area (TPSA) is 65.0 Å². The van der Waals surface area contributed by atoms with Crippen LogP contribution in [0.3, 0.4) is 0 Å². The molecule has 0 spiro atoms. The Morgan fingerprint density at radius 3 is 2.44 bits per heavy atom. The van der Waals surface area contributed by atoms with Gasteiger partial charge in [0.15, 0.2) is 5.71 Å². The number of carbonyl (C=O) groups excluding carboxylic acids is 2. The van der Waals surface area contributed by atoms with Crippen molar-refractivity contribution >= 4 is 23.2 Å². The van der Waals surface area contributed by atoms with Gasteiger partial charge in [0.25, 0.3) is 5.91 Å². The Hall–Kier alpha value is -2.21. The first-order chi connectivity index (χ1) is 13.1. The number of rotatable bonds is 3. The van der Waals surface area contributed by atoms with Crippen molar-refractivity contribution in [2.24, 2.45) is 5.10 Å². The normalized spacial score (nSPS) is 23.7. The largest absolute Gasteiger partial charge is 0.303 e. The first-order valence-electron chi connectivity index (χ1n) is 10.2. The van der Waals surface area contributed by atoms with Crippen molar-refractivity contribution in [3.8, 4) is 0 Å². The molecular formula is C21H28N4O2. The van der Waals surface area contributed by atoms with Crippen molar-refractivity contribution in [3.05, 3.63) is 29.8 Å². The third-order valence-corrected chi connectivity index (χ3v) is 6.12. The molecule has 1 saturated heterocycles. The highest BCUT2D eigenvalue weighted by atomic mass is 16.2. The molecule has 0 atom stereocenters. The summed E-state index contributed by atoms with van der Waals surface area (Å²) < 4.78 is 0. The SMILES string of the molecule is CC(=O)N/N=C1\C(=O)N(C2CCN(C3CCCCC3)CC2)c2ccccc21. The standard InChI is InChI=1S/C21H28N4O2/c1-15(26)22-23-20-18-9-5-6-10-19(18)25(21(20)27)17-11-13-24(14-12-17)16-7-3-2-4-8-16/h5-6,9-10,16-17H,2-4,7-8,11-14H2,1H3,(H,22,26)/b23-20-. The number of hydrogen-bond acceptors (Lipinski definition) is 4. The minimum Gasteiger partial charge on any atom is -0.303 e. The minimum atomic E-state index is -0.271. The first kappa shape index (κ1) is 18.2. The second kappa shape index (κ2) is 7.80. The van der Waals surface area contributed by atoms with Crippen LogP contribution in [0.15, 0.2) is 29.4 Å². The average Bonchev–Trinajstić information content (AvgIpc) is 2.98. The van der Waals surface area contributed by atoms with Gasteiger partial charge in [-0.1, -0.05) is 37.5 Å². The number of carbonyl (C=O) groups is 2. The van der Waals surface area contributed by atoms with Gasteiger partial charge in [-0.25, -0.2) is 5.43 Å². The third kappa shape index (κ3) is 3.63. The molecule has 0 unspecified atom stereocenters. The zero-order valence-electron chi connectivity index (χ0n) is 16.0. The predicted molar refractivity (Wildman–Crippen MR) is 106 cm³/mol. The van der Waals surface area contributed by atoms with Crippen LogP contribution in [0.5, 0.6) is 0 Å². The van der Waals surface area contributed by atoms with E-state index in [0.717, 1.165) is 43.2 Å². The van der Waals surface area contributed by atoms with E-state index in [1.54, 1.807) is 0 Å². The Bertz CT molecular complexity index is 746. The van der Waals surface area contributed by atoms with E-state index in [4.69, 9.17) is 0 Å². The number of para-hydroxylation sites is 1. The summed E-state index contributed by atoms with van der Waals surface area (Å²) in [6.07, 6.45) is 8.71. The first-order valence-corrected chi connectivity index (χ1v) is 10.2. The summed E-state index contributed by atoms with van der Waals surface area (Å²) in [7, 11) is 0. The molecule has 4 rings (SSSR count). The van der Waals surface area contributed by atoms with Gasteiger partial charge in [-0.05, 0) is 31.7 Å². The fourth-order valence-corrected chi connectivity index (χ4v) is 4.78. The molecule has 144 valence electrons. The molecule has 2 fully saturated rings. The number of hydrazone groups is 1. The summed E-state index contributed by atoms with van der Waals surface area (Å²) >= 11 is 0. The molecule has 1 aromatic rings. The van der Waals surface area contributed by atoms with Gasteiger partial charge in [0.05, 0.1) is 5.69 Å². The van der Waals surface area contributed by atoms with Gasteiger partial charge in [0.1, 0.15) is 0 Å². The second-order valence-electron chi connectivity index (χ2n) is 7.88. The second-order valence-corrected chi connectivity index (χ2v) is 7.88. The average molecular weight is 368 g/mol. The van der Waals surface area contributed by atoms with Crippen molar-refractivity contribution in [2.75, 3.05) is 18.0 Å². The predicted octanol–water partition coefficient (Wildman–Crippen LogP) is 2.67. The lowest BCUT2D eigenvalue weighted by molar-refractivity contribution is -0.118. The molecule has 1 N–H and O–H groups in total. The van der Waals surface area contributed by atoms with Crippen molar-refractivity contribution in [3.63, 3.8) is 0 Å². The molecule has 0 aromatic heterocycles. The van der Waals surface area contributed by atoms with E-state index in [0.29, 0.717) is 5.71 Å². The van der Waals surface area contributed by atoms with Gasteiger partial charge in [0.2, 0.25) is 5.91 Å². The summed E-state index contributed by atoms with van der Waals surface area (Å²) in [6.45, 7) is 3.51.